The Labute approximate surface area is 194 Å². The van der Waals surface area contributed by atoms with Gasteiger partial charge in [-0.15, -0.1) is 10.2 Å². The molecule has 2 aromatic rings. The summed E-state index contributed by atoms with van der Waals surface area (Å²) in [6.07, 6.45) is 1.71. The van der Waals surface area contributed by atoms with Gasteiger partial charge in [0.15, 0.2) is 0 Å². The number of nitrogens with zero attached hydrogens (tertiary/aromatic N) is 4. The molecule has 0 aromatic heterocycles. The van der Waals surface area contributed by atoms with Gasteiger partial charge in [-0.3, -0.25) is 15.8 Å². The van der Waals surface area contributed by atoms with Crippen LogP contribution in [-0.4, -0.2) is 50.7 Å². The average Bonchev–Trinajstić information content (AvgIpc) is 3.55. The van der Waals surface area contributed by atoms with Gasteiger partial charge in [-0.05, 0) is 28.3 Å². The van der Waals surface area contributed by atoms with Crippen LogP contribution in [-0.2, 0) is 9.59 Å². The highest BCUT2D eigenvalue weighted by Gasteiger charge is 2.35. The zero-order valence-electron chi connectivity index (χ0n) is 17.5. The van der Waals surface area contributed by atoms with Crippen LogP contribution in [0, 0.1) is 0 Å². The lowest BCUT2D eigenvalue weighted by molar-refractivity contribution is -0.109. The van der Waals surface area contributed by atoms with Crippen molar-refractivity contribution in [2.75, 3.05) is 31.6 Å². The van der Waals surface area contributed by atoms with Gasteiger partial charge >= 0.3 is 0 Å². The Bertz CT molecular complexity index is 1210. The lowest BCUT2D eigenvalue weighted by Crippen LogP contribution is -2.37. The molecule has 0 amide bonds. The van der Waals surface area contributed by atoms with Gasteiger partial charge in [0.1, 0.15) is 18.3 Å². The largest absolute Gasteiger partial charge is 0.353 e. The second-order valence-electron chi connectivity index (χ2n) is 7.69. The molecule has 0 radical (unpaired) electrons. The van der Waals surface area contributed by atoms with E-state index in [-0.39, 0.29) is 5.02 Å². The minimum absolute atomic E-state index is 0.249. The van der Waals surface area contributed by atoms with Gasteiger partial charge in [0, 0.05) is 13.1 Å². The van der Waals surface area contributed by atoms with E-state index in [1.165, 1.54) is 0 Å². The minimum Gasteiger partial charge on any atom is -0.353 e. The maximum Gasteiger partial charge on any atom is 0.238 e. The van der Waals surface area contributed by atoms with E-state index in [0.29, 0.717) is 54.1 Å². The molecule has 11 heteroatoms. The summed E-state index contributed by atoms with van der Waals surface area (Å²) < 4.78 is 0. The number of hydrazine groups is 1. The predicted octanol–water partition coefficient (Wildman–Crippen LogP) is 2.23. The van der Waals surface area contributed by atoms with E-state index in [1.807, 2.05) is 24.3 Å². The molecule has 2 unspecified atom stereocenters. The number of halogens is 1. The average molecular weight is 465 g/mol. The molecule has 1 aliphatic carbocycles. The first-order valence-corrected chi connectivity index (χ1v) is 10.9. The summed E-state index contributed by atoms with van der Waals surface area (Å²) in [4.78, 5) is 32.9. The molecule has 3 aliphatic rings. The summed E-state index contributed by atoms with van der Waals surface area (Å²) in [6, 6.07) is 9.19. The van der Waals surface area contributed by atoms with Crippen LogP contribution in [0.15, 0.2) is 50.5 Å². The minimum atomic E-state index is -0.626. The van der Waals surface area contributed by atoms with E-state index < -0.39 is 11.8 Å². The SMILES string of the molecule is O=CC1c2ccccc2C(C=O)c2c1cc(NNC1=NCCN1)c(N=NC1=NCCN1)c2Cl. The molecule has 0 saturated heterocycles. The van der Waals surface area contributed by atoms with E-state index in [1.54, 1.807) is 6.07 Å². The monoisotopic (exact) mass is 464 g/mol. The van der Waals surface area contributed by atoms with E-state index in [2.05, 4.69) is 41.7 Å². The standard InChI is InChI=1S/C22H21ClN8O2/c23-19-18-14(15(10-32)12-3-1-2-4-13(12)16(18)11-33)9-17(28-30-21-24-5-6-25-21)20(19)29-31-22-26-7-8-27-22/h1-4,9-11,15-16,28H,5-8H2,(H,26,27)(H2,24,25,30). The zero-order valence-corrected chi connectivity index (χ0v) is 18.3. The van der Waals surface area contributed by atoms with Crippen molar-refractivity contribution in [1.29, 1.82) is 0 Å². The van der Waals surface area contributed by atoms with Gasteiger partial charge in [-0.2, -0.15) is 0 Å². The van der Waals surface area contributed by atoms with Crippen molar-refractivity contribution in [1.82, 2.24) is 16.1 Å². The summed E-state index contributed by atoms with van der Waals surface area (Å²) >= 11 is 6.87. The Kier molecular flexibility index (Phi) is 5.74. The zero-order chi connectivity index (χ0) is 22.8. The van der Waals surface area contributed by atoms with Crippen LogP contribution in [0.4, 0.5) is 11.4 Å². The van der Waals surface area contributed by atoms with Crippen LogP contribution in [0.2, 0.25) is 5.02 Å². The molecule has 0 fully saturated rings. The summed E-state index contributed by atoms with van der Waals surface area (Å²) in [6.45, 7) is 2.71. The van der Waals surface area contributed by atoms with Gasteiger partial charge in [0.2, 0.25) is 11.9 Å². The van der Waals surface area contributed by atoms with Gasteiger partial charge in [0.05, 0.1) is 35.6 Å². The molecule has 0 saturated carbocycles. The number of carbonyl (C=O) groups is 2. The first-order valence-electron chi connectivity index (χ1n) is 10.6. The maximum absolute atomic E-state index is 12.2. The fourth-order valence-electron chi connectivity index (χ4n) is 4.29. The predicted molar refractivity (Wildman–Crippen MR) is 126 cm³/mol. The molecule has 10 nitrogen and oxygen atoms in total. The third kappa shape index (κ3) is 3.82. The number of guanidine groups is 2. The summed E-state index contributed by atoms with van der Waals surface area (Å²) in [5, 5.41) is 14.9. The highest BCUT2D eigenvalue weighted by Crippen LogP contribution is 2.50. The van der Waals surface area contributed by atoms with Crippen molar-refractivity contribution in [3.8, 4) is 0 Å². The number of fused-ring (bicyclic) bond motifs is 2. The Balaban J connectivity index is 1.65. The van der Waals surface area contributed by atoms with Crippen LogP contribution in [0.25, 0.3) is 0 Å². The fraction of sp³-hybridized carbons (Fsp3) is 0.273. The number of anilines is 1. The molecule has 2 heterocycles. The van der Waals surface area contributed by atoms with Crippen molar-refractivity contribution >= 4 is 47.5 Å². The third-order valence-electron chi connectivity index (χ3n) is 5.79. The summed E-state index contributed by atoms with van der Waals surface area (Å²) in [7, 11) is 0. The number of aliphatic imine (C=N–C) groups is 2. The molecule has 5 rings (SSSR count). The Morgan fingerprint density at radius 2 is 1.67 bits per heavy atom. The number of rotatable bonds is 5. The molecule has 0 spiro atoms. The summed E-state index contributed by atoms with van der Waals surface area (Å²) in [5.41, 5.74) is 9.64. The van der Waals surface area contributed by atoms with Crippen molar-refractivity contribution < 1.29 is 9.59 Å². The van der Waals surface area contributed by atoms with Crippen LogP contribution in [0.1, 0.15) is 34.1 Å². The van der Waals surface area contributed by atoms with E-state index in [9.17, 15) is 9.59 Å². The molecule has 0 bridgehead atoms. The van der Waals surface area contributed by atoms with Crippen LogP contribution in [0.3, 0.4) is 0 Å². The molecule has 2 aliphatic heterocycles. The molecule has 2 aromatic carbocycles. The van der Waals surface area contributed by atoms with Gasteiger partial charge in [-0.1, -0.05) is 35.9 Å². The molecular weight excluding hydrogens is 444 g/mol. The number of azo groups is 1. The van der Waals surface area contributed by atoms with Crippen molar-refractivity contribution in [3.05, 3.63) is 57.6 Å². The quantitative estimate of drug-likeness (QED) is 0.305. The van der Waals surface area contributed by atoms with E-state index >= 15 is 0 Å². The number of hydrogen-bond acceptors (Lipinski definition) is 10. The van der Waals surface area contributed by atoms with Crippen molar-refractivity contribution in [3.63, 3.8) is 0 Å². The number of carbonyl (C=O) groups excluding carboxylic acids is 2. The first kappa shape index (κ1) is 21.1. The highest BCUT2D eigenvalue weighted by atomic mass is 35.5. The highest BCUT2D eigenvalue weighted by molar-refractivity contribution is 6.35. The van der Waals surface area contributed by atoms with Crippen molar-refractivity contribution in [2.45, 2.75) is 11.8 Å². The Hall–Kier alpha value is -3.79. The molecule has 168 valence electrons. The third-order valence-corrected chi connectivity index (χ3v) is 6.17. The molecule has 4 N–H and O–H groups in total. The smallest absolute Gasteiger partial charge is 0.238 e. The van der Waals surface area contributed by atoms with Gasteiger partial charge in [-0.25, -0.2) is 4.99 Å². The normalized spacial score (nSPS) is 20.8. The Morgan fingerprint density at radius 1 is 0.939 bits per heavy atom. The Morgan fingerprint density at radius 3 is 2.33 bits per heavy atom. The first-order chi connectivity index (χ1) is 16.2. The van der Waals surface area contributed by atoms with Gasteiger partial charge in [0.25, 0.3) is 0 Å². The van der Waals surface area contributed by atoms with Crippen LogP contribution in [0.5, 0.6) is 0 Å². The lowest BCUT2D eigenvalue weighted by atomic mass is 9.73. The van der Waals surface area contributed by atoms with Crippen molar-refractivity contribution in [2.24, 2.45) is 20.2 Å². The second-order valence-corrected chi connectivity index (χ2v) is 8.06. The van der Waals surface area contributed by atoms with Crippen LogP contribution >= 0.6 is 11.6 Å². The molecule has 2 atom stereocenters. The number of benzene rings is 2. The van der Waals surface area contributed by atoms with E-state index in [4.69, 9.17) is 11.6 Å². The number of aldehydes is 2. The van der Waals surface area contributed by atoms with Gasteiger partial charge < -0.3 is 20.2 Å². The maximum atomic E-state index is 12.2. The number of nitrogens with one attached hydrogen (secondary N) is 4. The van der Waals surface area contributed by atoms with E-state index in [0.717, 1.165) is 30.2 Å². The second kappa shape index (κ2) is 8.99. The fourth-order valence-corrected chi connectivity index (χ4v) is 4.65. The molecule has 33 heavy (non-hydrogen) atoms. The topological polar surface area (TPSA) is 132 Å². The number of hydrogen-bond donors (Lipinski definition) is 4. The molecular formula is C22H21ClN8O2. The summed E-state index contributed by atoms with van der Waals surface area (Å²) in [5.74, 6) is -0.206. The van der Waals surface area contributed by atoms with Crippen LogP contribution < -0.4 is 21.5 Å². The lowest BCUT2D eigenvalue weighted by Gasteiger charge is -2.31.